The first-order valence-electron chi connectivity index (χ1n) is 14.9. The van der Waals surface area contributed by atoms with E-state index in [1.54, 1.807) is 29.6 Å². The fourth-order valence-corrected chi connectivity index (χ4v) is 6.57. The Morgan fingerprint density at radius 2 is 1.98 bits per heavy atom. The summed E-state index contributed by atoms with van der Waals surface area (Å²) in [6.45, 7) is 9.57. The van der Waals surface area contributed by atoms with Crippen LogP contribution in [0.3, 0.4) is 0 Å². The summed E-state index contributed by atoms with van der Waals surface area (Å²) in [5.74, 6) is 0.711. The number of thiazole rings is 1. The van der Waals surface area contributed by atoms with Crippen molar-refractivity contribution in [3.05, 3.63) is 80.3 Å². The number of amides is 1. The topological polar surface area (TPSA) is 77.3 Å². The zero-order valence-electron chi connectivity index (χ0n) is 25.4. The van der Waals surface area contributed by atoms with Crippen molar-refractivity contribution in [2.75, 3.05) is 19.7 Å². The number of rotatable bonds is 8. The summed E-state index contributed by atoms with van der Waals surface area (Å²) in [6, 6.07) is 8.85. The molecule has 12 heteroatoms. The van der Waals surface area contributed by atoms with E-state index in [4.69, 9.17) is 16.3 Å². The van der Waals surface area contributed by atoms with Crippen molar-refractivity contribution in [2.45, 2.75) is 53.1 Å². The molecule has 7 nitrogen and oxygen atoms in total. The van der Waals surface area contributed by atoms with Crippen LogP contribution in [0.15, 0.2) is 52.8 Å². The summed E-state index contributed by atoms with van der Waals surface area (Å²) in [6.07, 6.45) is -1.10. The van der Waals surface area contributed by atoms with Gasteiger partial charge in [0.05, 0.1) is 29.1 Å². The average molecular weight is 659 g/mol. The molecule has 0 aliphatic carbocycles. The molecule has 1 fully saturated rings. The molecule has 4 heterocycles. The molecule has 0 radical (unpaired) electrons. The van der Waals surface area contributed by atoms with Crippen molar-refractivity contribution < 1.29 is 22.7 Å². The van der Waals surface area contributed by atoms with E-state index in [0.29, 0.717) is 76.0 Å². The highest BCUT2D eigenvalue weighted by Gasteiger charge is 2.32. The third-order valence-electron chi connectivity index (χ3n) is 7.63. The Hall–Kier alpha value is -3.70. The predicted molar refractivity (Wildman–Crippen MR) is 170 cm³/mol. The van der Waals surface area contributed by atoms with Crippen LogP contribution in [0.1, 0.15) is 62.3 Å². The lowest BCUT2D eigenvalue weighted by Crippen LogP contribution is -2.40. The Labute approximate surface area is 268 Å². The van der Waals surface area contributed by atoms with Crippen LogP contribution < -0.4 is 10.3 Å². The molecule has 3 aromatic heterocycles. The van der Waals surface area contributed by atoms with Crippen LogP contribution in [-0.2, 0) is 12.6 Å². The Morgan fingerprint density at radius 3 is 2.62 bits per heavy atom. The Bertz CT molecular complexity index is 1750. The number of likely N-dealkylation sites (tertiary alicyclic amines) is 1. The number of carbonyl (C=O) groups excluding carboxylic acids is 1. The zero-order chi connectivity index (χ0) is 32.5. The fourth-order valence-electron chi connectivity index (χ4n) is 5.56. The van der Waals surface area contributed by atoms with Gasteiger partial charge in [0.2, 0.25) is 0 Å². The molecule has 1 amide bonds. The van der Waals surface area contributed by atoms with Crippen molar-refractivity contribution in [1.82, 2.24) is 19.4 Å². The molecule has 1 saturated heterocycles. The van der Waals surface area contributed by atoms with Crippen molar-refractivity contribution in [3.8, 4) is 33.3 Å². The highest BCUT2D eigenvalue weighted by Crippen LogP contribution is 2.34. The van der Waals surface area contributed by atoms with Gasteiger partial charge in [0, 0.05) is 40.9 Å². The number of alkyl halides is 3. The van der Waals surface area contributed by atoms with Gasteiger partial charge in [-0.1, -0.05) is 32.4 Å². The number of nitrogens with zero attached hydrogens (tertiary/aromatic N) is 4. The first-order chi connectivity index (χ1) is 21.4. The third kappa shape index (κ3) is 7.09. The fraction of sp³-hybridized carbons (Fsp3) is 0.394. The number of halogens is 4. The highest BCUT2D eigenvalue weighted by molar-refractivity contribution is 7.13. The van der Waals surface area contributed by atoms with Gasteiger partial charge in [-0.25, -0.2) is 4.98 Å². The lowest BCUT2D eigenvalue weighted by molar-refractivity contribution is -0.141. The number of piperidine rings is 1. The molecule has 0 saturated carbocycles. The van der Waals surface area contributed by atoms with Crippen LogP contribution in [0.5, 0.6) is 5.75 Å². The quantitative estimate of drug-likeness (QED) is 0.191. The van der Waals surface area contributed by atoms with Gasteiger partial charge in [-0.2, -0.15) is 13.2 Å². The second kappa shape index (κ2) is 13.3. The molecule has 0 bridgehead atoms. The van der Waals surface area contributed by atoms with E-state index >= 15 is 0 Å². The molecule has 1 aliphatic heterocycles. The summed E-state index contributed by atoms with van der Waals surface area (Å²) < 4.78 is 46.7. The van der Waals surface area contributed by atoms with E-state index < -0.39 is 17.4 Å². The van der Waals surface area contributed by atoms with Gasteiger partial charge in [-0.15, -0.1) is 11.3 Å². The maximum Gasteiger partial charge on any atom is 0.433 e. The number of aromatic nitrogens is 3. The van der Waals surface area contributed by atoms with Crippen LogP contribution >= 0.6 is 22.9 Å². The summed E-state index contributed by atoms with van der Waals surface area (Å²) in [5, 5.41) is 2.37. The molecule has 0 unspecified atom stereocenters. The number of pyridine rings is 2. The standard InChI is InChI=1S/C33H34ClF3N4O3S/c1-5-44-28-10-9-22(34)14-27(28)41-26(13-19(2)3)23(31(42)40-12-6-7-20(4)17-40)15-24(32(41)43)30-39-25(18-45-30)21-8-11-29(38-16-21)33(35,36)37/h8-11,14-16,18-20H,5-7,12-13,17H2,1-4H3/t20-/m1/s1. The Balaban J connectivity index is 1.73. The maximum atomic E-state index is 14.5. The van der Waals surface area contributed by atoms with Crippen LogP contribution in [-0.4, -0.2) is 45.0 Å². The summed E-state index contributed by atoms with van der Waals surface area (Å²) >= 11 is 7.61. The second-order valence-electron chi connectivity index (χ2n) is 11.7. The lowest BCUT2D eigenvalue weighted by atomic mass is 9.96. The first-order valence-corrected chi connectivity index (χ1v) is 16.1. The van der Waals surface area contributed by atoms with Gasteiger partial charge in [0.15, 0.2) is 0 Å². The van der Waals surface area contributed by atoms with Crippen molar-refractivity contribution >= 4 is 28.8 Å². The third-order valence-corrected chi connectivity index (χ3v) is 8.74. The number of ether oxygens (including phenoxy) is 1. The van der Waals surface area contributed by atoms with E-state index in [1.165, 1.54) is 10.6 Å². The molecule has 1 aromatic carbocycles. The van der Waals surface area contributed by atoms with Crippen LogP contribution in [0.2, 0.25) is 5.02 Å². The number of carbonyl (C=O) groups is 1. The lowest BCUT2D eigenvalue weighted by Gasteiger charge is -2.32. The Morgan fingerprint density at radius 1 is 1.20 bits per heavy atom. The van der Waals surface area contributed by atoms with Gasteiger partial charge in [0.25, 0.3) is 11.5 Å². The summed E-state index contributed by atoms with van der Waals surface area (Å²) in [5.41, 5.74) is 0.858. The van der Waals surface area contributed by atoms with Gasteiger partial charge < -0.3 is 9.64 Å². The van der Waals surface area contributed by atoms with E-state index in [2.05, 4.69) is 16.9 Å². The average Bonchev–Trinajstić information content (AvgIpc) is 3.48. The number of hydrogen-bond acceptors (Lipinski definition) is 6. The van der Waals surface area contributed by atoms with E-state index in [9.17, 15) is 22.8 Å². The molecule has 1 atom stereocenters. The van der Waals surface area contributed by atoms with Gasteiger partial charge in [0.1, 0.15) is 16.5 Å². The summed E-state index contributed by atoms with van der Waals surface area (Å²) in [7, 11) is 0. The molecule has 0 N–H and O–H groups in total. The van der Waals surface area contributed by atoms with Crippen LogP contribution in [0, 0.1) is 11.8 Å². The Kier molecular flexibility index (Phi) is 9.69. The smallest absolute Gasteiger partial charge is 0.433 e. The minimum atomic E-state index is -4.57. The highest BCUT2D eigenvalue weighted by atomic mass is 35.5. The van der Waals surface area contributed by atoms with E-state index in [0.717, 1.165) is 36.4 Å². The largest absolute Gasteiger partial charge is 0.492 e. The molecular weight excluding hydrogens is 625 g/mol. The van der Waals surface area contributed by atoms with Crippen LogP contribution in [0.4, 0.5) is 13.2 Å². The van der Waals surface area contributed by atoms with Gasteiger partial charge >= 0.3 is 6.18 Å². The molecule has 5 rings (SSSR count). The van der Waals surface area contributed by atoms with Crippen molar-refractivity contribution in [1.29, 1.82) is 0 Å². The van der Waals surface area contributed by atoms with Gasteiger partial charge in [-0.05, 0) is 74.4 Å². The zero-order valence-corrected chi connectivity index (χ0v) is 27.0. The monoisotopic (exact) mass is 658 g/mol. The number of hydrogen-bond donors (Lipinski definition) is 0. The normalized spacial score (nSPS) is 15.5. The summed E-state index contributed by atoms with van der Waals surface area (Å²) in [4.78, 5) is 38.8. The SMILES string of the molecule is CCOc1ccc(Cl)cc1-n1c(CC(C)C)c(C(=O)N2CCC[C@@H](C)C2)cc(-c2nc(-c3ccc(C(F)(F)F)nc3)cs2)c1=O. The first kappa shape index (κ1) is 32.7. The van der Waals surface area contributed by atoms with E-state index in [1.807, 2.05) is 25.7 Å². The molecule has 1 aliphatic rings. The second-order valence-corrected chi connectivity index (χ2v) is 13.0. The number of benzene rings is 1. The van der Waals surface area contributed by atoms with Crippen LogP contribution in [0.25, 0.3) is 27.5 Å². The molecule has 4 aromatic rings. The van der Waals surface area contributed by atoms with E-state index in [-0.39, 0.29) is 17.4 Å². The van der Waals surface area contributed by atoms with Gasteiger partial charge in [-0.3, -0.25) is 19.1 Å². The minimum absolute atomic E-state index is 0.0988. The molecule has 238 valence electrons. The molecular formula is C33H34ClF3N4O3S. The maximum absolute atomic E-state index is 14.5. The molecule has 45 heavy (non-hydrogen) atoms. The van der Waals surface area contributed by atoms with Crippen molar-refractivity contribution in [2.24, 2.45) is 11.8 Å². The molecule has 0 spiro atoms. The minimum Gasteiger partial charge on any atom is -0.492 e. The predicted octanol–water partition coefficient (Wildman–Crippen LogP) is 8.16. The van der Waals surface area contributed by atoms with Crippen molar-refractivity contribution in [3.63, 3.8) is 0 Å².